The molecule has 11 nitrogen and oxygen atoms in total. The molecule has 0 radical (unpaired) electrons. The van der Waals surface area contributed by atoms with Gasteiger partial charge in [-0.1, -0.05) is 0 Å². The van der Waals surface area contributed by atoms with Gasteiger partial charge in [0.2, 0.25) is 6.10 Å². The maximum absolute atomic E-state index is 11.3. The Hall–Kier alpha value is -2.69. The van der Waals surface area contributed by atoms with Crippen LogP contribution in [0.3, 0.4) is 0 Å². The highest BCUT2D eigenvalue weighted by Crippen LogP contribution is 2.04. The smallest absolute Gasteiger partial charge is 0.345 e. The predicted molar refractivity (Wildman–Crippen MR) is 65.6 cm³/mol. The van der Waals surface area contributed by atoms with Gasteiger partial charge >= 0.3 is 29.8 Å². The summed E-state index contributed by atoms with van der Waals surface area (Å²) in [6.07, 6.45) is -3.82. The second-order valence-corrected chi connectivity index (χ2v) is 4.04. The van der Waals surface area contributed by atoms with Crippen LogP contribution in [-0.4, -0.2) is 63.9 Å². The molecule has 0 aromatic rings. The van der Waals surface area contributed by atoms with Crippen LogP contribution in [0.4, 0.5) is 0 Å². The van der Waals surface area contributed by atoms with Crippen LogP contribution in [0.25, 0.3) is 0 Å². The predicted octanol–water partition coefficient (Wildman–Crippen LogP) is -1.81. The summed E-state index contributed by atoms with van der Waals surface area (Å²) >= 11 is 0. The van der Waals surface area contributed by atoms with Crippen molar-refractivity contribution in [3.05, 3.63) is 0 Å². The van der Waals surface area contributed by atoms with E-state index < -0.39 is 67.9 Å². The van der Waals surface area contributed by atoms with Crippen molar-refractivity contribution in [1.29, 1.82) is 0 Å². The number of aliphatic carboxylic acids is 3. The molecule has 0 rings (SSSR count). The molecule has 124 valence electrons. The zero-order valence-corrected chi connectivity index (χ0v) is 11.3. The van der Waals surface area contributed by atoms with Gasteiger partial charge in [-0.2, -0.15) is 0 Å². The third kappa shape index (κ3) is 8.47. The average molecular weight is 321 g/mol. The second kappa shape index (κ2) is 9.28. The lowest BCUT2D eigenvalue weighted by atomic mass is 10.2. The number of carboxylic acids is 3. The summed E-state index contributed by atoms with van der Waals surface area (Å²) in [6.45, 7) is -0.583. The van der Waals surface area contributed by atoms with E-state index in [1.165, 1.54) is 0 Å². The van der Waals surface area contributed by atoms with Crippen LogP contribution in [-0.2, 0) is 33.4 Å². The van der Waals surface area contributed by atoms with Crippen molar-refractivity contribution in [2.24, 2.45) is 5.73 Å². The Morgan fingerprint density at radius 1 is 0.909 bits per heavy atom. The minimum absolute atomic E-state index is 0.495. The Bertz CT molecular complexity index is 460. The van der Waals surface area contributed by atoms with Gasteiger partial charge in [0.1, 0.15) is 12.6 Å². The first-order valence-corrected chi connectivity index (χ1v) is 5.91. The molecule has 0 aromatic carbocycles. The zero-order valence-electron chi connectivity index (χ0n) is 11.3. The number of carbonyl (C=O) groups is 5. The Kier molecular flexibility index (Phi) is 8.15. The lowest BCUT2D eigenvalue weighted by Gasteiger charge is -2.11. The lowest BCUT2D eigenvalue weighted by Crippen LogP contribution is -2.35. The first-order valence-electron chi connectivity index (χ1n) is 5.91. The van der Waals surface area contributed by atoms with Crippen LogP contribution in [0, 0.1) is 0 Å². The highest BCUT2D eigenvalue weighted by molar-refractivity contribution is 5.84. The normalized spacial score (nSPS) is 12.8. The van der Waals surface area contributed by atoms with Crippen LogP contribution in [0.1, 0.15) is 19.3 Å². The van der Waals surface area contributed by atoms with E-state index in [0.717, 1.165) is 0 Å². The number of rotatable bonds is 10. The number of carbonyl (C=O) groups excluding carboxylic acids is 2. The van der Waals surface area contributed by atoms with Crippen LogP contribution < -0.4 is 5.73 Å². The van der Waals surface area contributed by atoms with Gasteiger partial charge in [0.05, 0.1) is 19.3 Å². The highest BCUT2D eigenvalue weighted by Gasteiger charge is 2.25. The molecule has 22 heavy (non-hydrogen) atoms. The second-order valence-electron chi connectivity index (χ2n) is 4.04. The molecule has 2 atom stereocenters. The van der Waals surface area contributed by atoms with Crippen molar-refractivity contribution in [3.8, 4) is 0 Å². The SMILES string of the molecule is N[C@@H](COC(=O)CCC(=O)O[C@@H](CC(=O)O)C(=O)O)C(=O)O. The number of nitrogens with two attached hydrogens (primary N) is 1. The molecule has 0 unspecified atom stereocenters. The fourth-order valence-corrected chi connectivity index (χ4v) is 1.09. The maximum Gasteiger partial charge on any atom is 0.345 e. The highest BCUT2D eigenvalue weighted by atomic mass is 16.6. The third-order valence-corrected chi connectivity index (χ3v) is 2.18. The summed E-state index contributed by atoms with van der Waals surface area (Å²) in [5, 5.41) is 25.5. The van der Waals surface area contributed by atoms with Crippen LogP contribution >= 0.6 is 0 Å². The number of carboxylic acid groups (broad SMARTS) is 3. The Balaban J connectivity index is 4.16. The molecular weight excluding hydrogens is 306 g/mol. The molecule has 0 saturated heterocycles. The summed E-state index contributed by atoms with van der Waals surface area (Å²) in [5.74, 6) is -6.51. The molecule has 0 aliphatic carbocycles. The van der Waals surface area contributed by atoms with Crippen molar-refractivity contribution in [2.75, 3.05) is 6.61 Å². The van der Waals surface area contributed by atoms with Crippen molar-refractivity contribution in [2.45, 2.75) is 31.4 Å². The van der Waals surface area contributed by atoms with E-state index in [1.54, 1.807) is 0 Å². The monoisotopic (exact) mass is 321 g/mol. The fourth-order valence-electron chi connectivity index (χ4n) is 1.09. The summed E-state index contributed by atoms with van der Waals surface area (Å²) < 4.78 is 8.86. The van der Waals surface area contributed by atoms with Crippen LogP contribution in [0.5, 0.6) is 0 Å². The Morgan fingerprint density at radius 2 is 1.45 bits per heavy atom. The van der Waals surface area contributed by atoms with Crippen molar-refractivity contribution >= 4 is 29.8 Å². The summed E-state index contributed by atoms with van der Waals surface area (Å²) in [6, 6.07) is -1.40. The zero-order chi connectivity index (χ0) is 17.3. The van der Waals surface area contributed by atoms with E-state index in [-0.39, 0.29) is 0 Å². The first-order chi connectivity index (χ1) is 10.1. The summed E-state index contributed by atoms with van der Waals surface area (Å²) in [7, 11) is 0. The van der Waals surface area contributed by atoms with Gasteiger partial charge < -0.3 is 30.5 Å². The third-order valence-electron chi connectivity index (χ3n) is 2.18. The van der Waals surface area contributed by atoms with Gasteiger partial charge in [-0.3, -0.25) is 19.2 Å². The number of hydrogen-bond acceptors (Lipinski definition) is 8. The molecule has 0 fully saturated rings. The quantitative estimate of drug-likeness (QED) is 0.331. The van der Waals surface area contributed by atoms with Gasteiger partial charge in [-0.15, -0.1) is 0 Å². The van der Waals surface area contributed by atoms with Crippen molar-refractivity contribution < 1.29 is 48.8 Å². The molecule has 0 amide bonds. The van der Waals surface area contributed by atoms with Gasteiger partial charge in [-0.05, 0) is 0 Å². The van der Waals surface area contributed by atoms with E-state index >= 15 is 0 Å². The minimum atomic E-state index is -1.86. The first kappa shape index (κ1) is 19.3. The minimum Gasteiger partial charge on any atom is -0.481 e. The molecule has 0 aliphatic rings. The maximum atomic E-state index is 11.3. The lowest BCUT2D eigenvalue weighted by molar-refractivity contribution is -0.168. The molecular formula is C11H15NO10. The molecule has 0 heterocycles. The van der Waals surface area contributed by atoms with Crippen molar-refractivity contribution in [3.63, 3.8) is 0 Å². The number of ether oxygens (including phenoxy) is 2. The van der Waals surface area contributed by atoms with Gasteiger partial charge in [0.25, 0.3) is 0 Å². The topological polar surface area (TPSA) is 191 Å². The largest absolute Gasteiger partial charge is 0.481 e. The molecule has 5 N–H and O–H groups in total. The number of esters is 2. The van der Waals surface area contributed by atoms with E-state index in [2.05, 4.69) is 9.47 Å². The Labute approximate surface area is 123 Å². The number of hydrogen-bond donors (Lipinski definition) is 4. The molecule has 0 aromatic heterocycles. The van der Waals surface area contributed by atoms with Crippen LogP contribution in [0.15, 0.2) is 0 Å². The van der Waals surface area contributed by atoms with E-state index in [4.69, 9.17) is 21.1 Å². The standard InChI is InChI=1S/C11H15NO10/c12-5(10(17)18)4-21-8(15)1-2-9(16)22-6(11(19)20)3-7(13)14/h5-6H,1-4,12H2,(H,13,14)(H,17,18)(H,19,20)/t5-,6-/m0/s1. The average Bonchev–Trinajstić information content (AvgIpc) is 2.40. The molecule has 0 saturated carbocycles. The summed E-state index contributed by atoms with van der Waals surface area (Å²) in [4.78, 5) is 53.9. The molecule has 0 bridgehead atoms. The molecule has 0 aliphatic heterocycles. The van der Waals surface area contributed by atoms with Gasteiger partial charge in [0, 0.05) is 0 Å². The van der Waals surface area contributed by atoms with E-state index in [1.807, 2.05) is 0 Å². The van der Waals surface area contributed by atoms with E-state index in [9.17, 15) is 24.0 Å². The molecule has 11 heteroatoms. The van der Waals surface area contributed by atoms with Crippen LogP contribution in [0.2, 0.25) is 0 Å². The van der Waals surface area contributed by atoms with Gasteiger partial charge in [-0.25, -0.2) is 4.79 Å². The fraction of sp³-hybridized carbons (Fsp3) is 0.545. The summed E-state index contributed by atoms with van der Waals surface area (Å²) in [5.41, 5.74) is 5.08. The molecule has 0 spiro atoms. The Morgan fingerprint density at radius 3 is 1.91 bits per heavy atom. The van der Waals surface area contributed by atoms with E-state index in [0.29, 0.717) is 0 Å². The van der Waals surface area contributed by atoms with Gasteiger partial charge in [0.15, 0.2) is 0 Å². The van der Waals surface area contributed by atoms with Crippen molar-refractivity contribution in [1.82, 2.24) is 0 Å².